The van der Waals surface area contributed by atoms with Gasteiger partial charge in [0, 0.05) is 12.1 Å². The summed E-state index contributed by atoms with van der Waals surface area (Å²) in [5, 5.41) is 0. The molecule has 1 aliphatic rings. The second-order valence-electron chi connectivity index (χ2n) is 3.59. The average molecular weight is 186 g/mol. The van der Waals surface area contributed by atoms with Crippen LogP contribution in [-0.4, -0.2) is 24.7 Å². The molecule has 1 aliphatic carbocycles. The van der Waals surface area contributed by atoms with Crippen molar-refractivity contribution in [1.29, 1.82) is 0 Å². The third kappa shape index (κ3) is 2.67. The zero-order chi connectivity index (χ0) is 9.84. The van der Waals surface area contributed by atoms with Gasteiger partial charge in [0.1, 0.15) is 0 Å². The van der Waals surface area contributed by atoms with Crippen molar-refractivity contribution in [3.63, 3.8) is 0 Å². The van der Waals surface area contributed by atoms with Crippen LogP contribution >= 0.6 is 0 Å². The van der Waals surface area contributed by atoms with E-state index < -0.39 is 0 Å². The van der Waals surface area contributed by atoms with Gasteiger partial charge in [0.2, 0.25) is 0 Å². The van der Waals surface area contributed by atoms with Gasteiger partial charge in [-0.3, -0.25) is 4.79 Å². The van der Waals surface area contributed by atoms with Gasteiger partial charge in [-0.15, -0.1) is 0 Å². The molecule has 0 radical (unpaired) electrons. The molecule has 1 rings (SSSR count). The van der Waals surface area contributed by atoms with E-state index in [-0.39, 0.29) is 24.0 Å². The fraction of sp³-hybridized carbons (Fsp3) is 0.889. The van der Waals surface area contributed by atoms with Gasteiger partial charge >= 0.3 is 5.97 Å². The number of carbonyl (C=O) groups is 1. The lowest BCUT2D eigenvalue weighted by Crippen LogP contribution is -2.47. The predicted octanol–water partition coefficient (Wildman–Crippen LogP) is 0.00420. The van der Waals surface area contributed by atoms with Crippen molar-refractivity contribution in [3.8, 4) is 0 Å². The summed E-state index contributed by atoms with van der Waals surface area (Å²) in [5.74, 6) is -0.153. The average Bonchev–Trinajstić information content (AvgIpc) is 2.10. The van der Waals surface area contributed by atoms with Crippen LogP contribution in [0.4, 0.5) is 0 Å². The van der Waals surface area contributed by atoms with Crippen LogP contribution in [0, 0.1) is 5.92 Å². The molecular weight excluding hydrogens is 168 g/mol. The first-order chi connectivity index (χ1) is 6.15. The van der Waals surface area contributed by atoms with E-state index in [0.29, 0.717) is 13.0 Å². The Hall–Kier alpha value is -0.610. The van der Waals surface area contributed by atoms with Crippen molar-refractivity contribution in [2.24, 2.45) is 17.4 Å². The third-order valence-electron chi connectivity index (χ3n) is 2.58. The monoisotopic (exact) mass is 186 g/mol. The van der Waals surface area contributed by atoms with E-state index in [1.807, 2.05) is 6.92 Å². The minimum Gasteiger partial charge on any atom is -0.466 e. The normalized spacial score (nSPS) is 34.2. The fourth-order valence-electron chi connectivity index (χ4n) is 1.70. The van der Waals surface area contributed by atoms with Gasteiger partial charge in [-0.2, -0.15) is 0 Å². The topological polar surface area (TPSA) is 78.3 Å². The molecule has 4 heteroatoms. The Kier molecular flexibility index (Phi) is 3.69. The van der Waals surface area contributed by atoms with E-state index in [4.69, 9.17) is 16.2 Å². The van der Waals surface area contributed by atoms with E-state index in [0.717, 1.165) is 12.8 Å². The number of hydrogen-bond donors (Lipinski definition) is 2. The summed E-state index contributed by atoms with van der Waals surface area (Å²) in [6.45, 7) is 2.25. The van der Waals surface area contributed by atoms with Crippen molar-refractivity contribution in [2.45, 2.75) is 38.3 Å². The van der Waals surface area contributed by atoms with E-state index in [1.165, 1.54) is 0 Å². The first-order valence-corrected chi connectivity index (χ1v) is 4.83. The van der Waals surface area contributed by atoms with Gasteiger partial charge in [-0.25, -0.2) is 0 Å². The Balaban J connectivity index is 2.40. The lowest BCUT2D eigenvalue weighted by Gasteiger charge is -2.30. The standard InChI is InChI=1S/C9H18N2O2/c1-2-13-9(12)6-3-4-7(10)8(11)5-6/h6-8H,2-5,10-11H2,1H3. The highest BCUT2D eigenvalue weighted by Gasteiger charge is 2.30. The predicted molar refractivity (Wildman–Crippen MR) is 49.9 cm³/mol. The van der Waals surface area contributed by atoms with Crippen LogP contribution in [0.5, 0.6) is 0 Å². The summed E-state index contributed by atoms with van der Waals surface area (Å²) in [6.07, 6.45) is 2.30. The summed E-state index contributed by atoms with van der Waals surface area (Å²) in [7, 11) is 0. The zero-order valence-electron chi connectivity index (χ0n) is 8.03. The number of esters is 1. The molecule has 3 unspecified atom stereocenters. The van der Waals surface area contributed by atoms with Crippen LogP contribution in [0.25, 0.3) is 0 Å². The Bertz CT molecular complexity index is 184. The SMILES string of the molecule is CCOC(=O)C1CCC(N)C(N)C1. The number of carbonyl (C=O) groups excluding carboxylic acids is 1. The lowest BCUT2D eigenvalue weighted by atomic mass is 9.83. The quantitative estimate of drug-likeness (QED) is 0.595. The molecule has 4 nitrogen and oxygen atoms in total. The van der Waals surface area contributed by atoms with Gasteiger partial charge < -0.3 is 16.2 Å². The van der Waals surface area contributed by atoms with Crippen LogP contribution in [0.3, 0.4) is 0 Å². The molecule has 1 fully saturated rings. The molecule has 1 saturated carbocycles. The smallest absolute Gasteiger partial charge is 0.308 e. The highest BCUT2D eigenvalue weighted by atomic mass is 16.5. The van der Waals surface area contributed by atoms with Crippen LogP contribution < -0.4 is 11.5 Å². The van der Waals surface area contributed by atoms with E-state index in [9.17, 15) is 4.79 Å². The van der Waals surface area contributed by atoms with Crippen molar-refractivity contribution in [1.82, 2.24) is 0 Å². The lowest BCUT2D eigenvalue weighted by molar-refractivity contribution is -0.149. The molecular formula is C9H18N2O2. The fourth-order valence-corrected chi connectivity index (χ4v) is 1.70. The van der Waals surface area contributed by atoms with Gasteiger partial charge in [0.25, 0.3) is 0 Å². The molecule has 0 aliphatic heterocycles. The van der Waals surface area contributed by atoms with Gasteiger partial charge in [0.15, 0.2) is 0 Å². The minimum absolute atomic E-state index is 0.0326. The molecule has 3 atom stereocenters. The first kappa shape index (κ1) is 10.5. The number of nitrogens with two attached hydrogens (primary N) is 2. The van der Waals surface area contributed by atoms with Crippen LogP contribution in [-0.2, 0) is 9.53 Å². The molecule has 76 valence electrons. The second kappa shape index (κ2) is 4.58. The number of hydrogen-bond acceptors (Lipinski definition) is 4. The van der Waals surface area contributed by atoms with Crippen LogP contribution in [0.1, 0.15) is 26.2 Å². The first-order valence-electron chi connectivity index (χ1n) is 4.83. The van der Waals surface area contributed by atoms with E-state index >= 15 is 0 Å². The maximum Gasteiger partial charge on any atom is 0.308 e. The van der Waals surface area contributed by atoms with Crippen molar-refractivity contribution in [2.75, 3.05) is 6.61 Å². The molecule has 0 spiro atoms. The van der Waals surface area contributed by atoms with Crippen molar-refractivity contribution < 1.29 is 9.53 Å². The summed E-state index contributed by atoms with van der Waals surface area (Å²) in [5.41, 5.74) is 11.5. The highest BCUT2D eigenvalue weighted by Crippen LogP contribution is 2.23. The second-order valence-corrected chi connectivity index (χ2v) is 3.59. The number of ether oxygens (including phenoxy) is 1. The van der Waals surface area contributed by atoms with Gasteiger partial charge in [0.05, 0.1) is 12.5 Å². The number of rotatable bonds is 2. The van der Waals surface area contributed by atoms with Gasteiger partial charge in [-0.05, 0) is 26.2 Å². The maximum absolute atomic E-state index is 11.3. The molecule has 0 amide bonds. The van der Waals surface area contributed by atoms with E-state index in [1.54, 1.807) is 0 Å². The minimum atomic E-state index is -0.121. The maximum atomic E-state index is 11.3. The Morgan fingerprint density at radius 1 is 1.38 bits per heavy atom. The summed E-state index contributed by atoms with van der Waals surface area (Å²) >= 11 is 0. The Labute approximate surface area is 78.6 Å². The molecule has 0 aromatic carbocycles. The summed E-state index contributed by atoms with van der Waals surface area (Å²) in [4.78, 5) is 11.3. The Morgan fingerprint density at radius 3 is 2.62 bits per heavy atom. The molecule has 4 N–H and O–H groups in total. The molecule has 0 aromatic heterocycles. The Morgan fingerprint density at radius 2 is 2.08 bits per heavy atom. The molecule has 0 heterocycles. The highest BCUT2D eigenvalue weighted by molar-refractivity contribution is 5.72. The van der Waals surface area contributed by atoms with Crippen LogP contribution in [0.2, 0.25) is 0 Å². The van der Waals surface area contributed by atoms with Crippen molar-refractivity contribution in [3.05, 3.63) is 0 Å². The summed E-state index contributed by atoms with van der Waals surface area (Å²) in [6, 6.07) is -0.00571. The molecule has 0 saturated heterocycles. The molecule has 0 aromatic rings. The molecule has 13 heavy (non-hydrogen) atoms. The van der Waals surface area contributed by atoms with E-state index in [2.05, 4.69) is 0 Å². The van der Waals surface area contributed by atoms with Crippen molar-refractivity contribution >= 4 is 5.97 Å². The third-order valence-corrected chi connectivity index (χ3v) is 2.58. The largest absolute Gasteiger partial charge is 0.466 e. The molecule has 0 bridgehead atoms. The van der Waals surface area contributed by atoms with Gasteiger partial charge in [-0.1, -0.05) is 0 Å². The van der Waals surface area contributed by atoms with Crippen LogP contribution in [0.15, 0.2) is 0 Å². The summed E-state index contributed by atoms with van der Waals surface area (Å²) < 4.78 is 4.93. The zero-order valence-corrected chi connectivity index (χ0v) is 8.03.